The van der Waals surface area contributed by atoms with Crippen LogP contribution in [-0.4, -0.2) is 13.2 Å². The molecular weight excluding hydrogens is 236 g/mol. The molecule has 0 radical (unpaired) electrons. The van der Waals surface area contributed by atoms with Gasteiger partial charge in [0.05, 0.1) is 6.61 Å². The van der Waals surface area contributed by atoms with Gasteiger partial charge < -0.3 is 15.8 Å². The lowest BCUT2D eigenvalue weighted by atomic mass is 10.1. The SMILES string of the molecule is CCCOc1cc(N)cc(NCC2CCC(C)C2)c1. The average Bonchev–Trinajstić information content (AvgIpc) is 2.79. The van der Waals surface area contributed by atoms with Gasteiger partial charge in [0.1, 0.15) is 5.75 Å². The van der Waals surface area contributed by atoms with E-state index < -0.39 is 0 Å². The summed E-state index contributed by atoms with van der Waals surface area (Å²) in [5.74, 6) is 2.55. The summed E-state index contributed by atoms with van der Waals surface area (Å²) < 4.78 is 5.65. The van der Waals surface area contributed by atoms with E-state index in [1.165, 1.54) is 19.3 Å². The molecule has 1 aromatic carbocycles. The maximum absolute atomic E-state index is 5.92. The smallest absolute Gasteiger partial charge is 0.123 e. The molecule has 106 valence electrons. The average molecular weight is 262 g/mol. The molecule has 2 rings (SSSR count). The zero-order chi connectivity index (χ0) is 13.7. The number of rotatable bonds is 6. The second-order valence-electron chi connectivity index (χ2n) is 5.80. The molecule has 0 aromatic heterocycles. The predicted molar refractivity (Wildman–Crippen MR) is 81.6 cm³/mol. The first-order chi connectivity index (χ1) is 9.17. The molecule has 2 unspecified atom stereocenters. The van der Waals surface area contributed by atoms with Gasteiger partial charge in [0.25, 0.3) is 0 Å². The van der Waals surface area contributed by atoms with E-state index in [0.29, 0.717) is 0 Å². The Morgan fingerprint density at radius 2 is 2.16 bits per heavy atom. The van der Waals surface area contributed by atoms with E-state index in [-0.39, 0.29) is 0 Å². The first-order valence-corrected chi connectivity index (χ1v) is 7.44. The molecule has 0 saturated heterocycles. The van der Waals surface area contributed by atoms with Crippen molar-refractivity contribution in [2.24, 2.45) is 11.8 Å². The molecule has 0 spiro atoms. The molecule has 1 aromatic rings. The normalized spacial score (nSPS) is 22.4. The van der Waals surface area contributed by atoms with E-state index >= 15 is 0 Å². The van der Waals surface area contributed by atoms with Crippen LogP contribution in [0.15, 0.2) is 18.2 Å². The predicted octanol–water partition coefficient (Wildman–Crippen LogP) is 3.91. The molecule has 3 N–H and O–H groups in total. The van der Waals surface area contributed by atoms with E-state index in [4.69, 9.17) is 10.5 Å². The quantitative estimate of drug-likeness (QED) is 0.764. The number of benzene rings is 1. The Morgan fingerprint density at radius 3 is 2.84 bits per heavy atom. The molecule has 1 aliphatic carbocycles. The molecule has 19 heavy (non-hydrogen) atoms. The van der Waals surface area contributed by atoms with Crippen molar-refractivity contribution < 1.29 is 4.74 Å². The Labute approximate surface area is 116 Å². The lowest BCUT2D eigenvalue weighted by molar-refractivity contribution is 0.318. The van der Waals surface area contributed by atoms with Crippen LogP contribution in [0.1, 0.15) is 39.5 Å². The largest absolute Gasteiger partial charge is 0.493 e. The molecule has 0 heterocycles. The number of ether oxygens (including phenoxy) is 1. The first kappa shape index (κ1) is 14.0. The number of nitrogens with one attached hydrogen (secondary N) is 1. The molecule has 1 fully saturated rings. The van der Waals surface area contributed by atoms with Gasteiger partial charge in [0, 0.05) is 30.1 Å². The molecule has 1 aliphatic rings. The van der Waals surface area contributed by atoms with Crippen molar-refractivity contribution in [3.8, 4) is 5.75 Å². The van der Waals surface area contributed by atoms with Crippen molar-refractivity contribution in [3.05, 3.63) is 18.2 Å². The van der Waals surface area contributed by atoms with E-state index in [0.717, 1.165) is 48.5 Å². The standard InChI is InChI=1S/C16H26N2O/c1-3-6-19-16-9-14(17)8-15(10-16)18-11-13-5-4-12(2)7-13/h8-10,12-13,18H,3-7,11,17H2,1-2H3. The summed E-state index contributed by atoms with van der Waals surface area (Å²) in [6.45, 7) is 6.23. The van der Waals surface area contributed by atoms with Gasteiger partial charge in [-0.05, 0) is 37.2 Å². The maximum Gasteiger partial charge on any atom is 0.123 e. The monoisotopic (exact) mass is 262 g/mol. The molecule has 0 aliphatic heterocycles. The summed E-state index contributed by atoms with van der Waals surface area (Å²) in [7, 11) is 0. The lowest BCUT2D eigenvalue weighted by Gasteiger charge is -2.14. The molecule has 3 heteroatoms. The van der Waals surface area contributed by atoms with Crippen molar-refractivity contribution in [1.29, 1.82) is 0 Å². The van der Waals surface area contributed by atoms with Gasteiger partial charge in [-0.2, -0.15) is 0 Å². The van der Waals surface area contributed by atoms with Crippen molar-refractivity contribution in [3.63, 3.8) is 0 Å². The summed E-state index contributed by atoms with van der Waals surface area (Å²) in [6.07, 6.45) is 5.07. The molecule has 3 nitrogen and oxygen atoms in total. The number of nitrogen functional groups attached to an aromatic ring is 1. The van der Waals surface area contributed by atoms with E-state index in [9.17, 15) is 0 Å². The van der Waals surface area contributed by atoms with Crippen LogP contribution in [0.3, 0.4) is 0 Å². The number of hydrogen-bond acceptors (Lipinski definition) is 3. The van der Waals surface area contributed by atoms with Crippen LogP contribution in [0.2, 0.25) is 0 Å². The minimum atomic E-state index is 0.739. The Kier molecular flexibility index (Phi) is 4.94. The van der Waals surface area contributed by atoms with Gasteiger partial charge in [0.2, 0.25) is 0 Å². The van der Waals surface area contributed by atoms with Crippen LogP contribution in [0.4, 0.5) is 11.4 Å². The highest BCUT2D eigenvalue weighted by molar-refractivity contribution is 5.59. The Morgan fingerprint density at radius 1 is 1.32 bits per heavy atom. The zero-order valence-electron chi connectivity index (χ0n) is 12.1. The van der Waals surface area contributed by atoms with Gasteiger partial charge in [0.15, 0.2) is 0 Å². The molecule has 1 saturated carbocycles. The number of anilines is 2. The van der Waals surface area contributed by atoms with Crippen LogP contribution in [-0.2, 0) is 0 Å². The van der Waals surface area contributed by atoms with Gasteiger partial charge in [-0.15, -0.1) is 0 Å². The summed E-state index contributed by atoms with van der Waals surface area (Å²) in [6, 6.07) is 5.92. The van der Waals surface area contributed by atoms with Crippen molar-refractivity contribution in [2.45, 2.75) is 39.5 Å². The minimum Gasteiger partial charge on any atom is -0.493 e. The third kappa shape index (κ3) is 4.34. The van der Waals surface area contributed by atoms with E-state index in [2.05, 4.69) is 19.2 Å². The second kappa shape index (κ2) is 6.69. The summed E-state index contributed by atoms with van der Waals surface area (Å²) in [5, 5.41) is 3.50. The molecule has 0 bridgehead atoms. The van der Waals surface area contributed by atoms with E-state index in [1.54, 1.807) is 0 Å². The highest BCUT2D eigenvalue weighted by Gasteiger charge is 2.20. The lowest BCUT2D eigenvalue weighted by Crippen LogP contribution is -2.11. The van der Waals surface area contributed by atoms with Gasteiger partial charge in [-0.1, -0.05) is 20.3 Å². The minimum absolute atomic E-state index is 0.739. The molecule has 2 atom stereocenters. The van der Waals surface area contributed by atoms with Crippen LogP contribution >= 0.6 is 0 Å². The fraction of sp³-hybridized carbons (Fsp3) is 0.625. The fourth-order valence-corrected chi connectivity index (χ4v) is 2.80. The highest BCUT2D eigenvalue weighted by atomic mass is 16.5. The van der Waals surface area contributed by atoms with Crippen LogP contribution in [0.25, 0.3) is 0 Å². The van der Waals surface area contributed by atoms with Gasteiger partial charge in [-0.3, -0.25) is 0 Å². The Bertz CT molecular complexity index is 406. The van der Waals surface area contributed by atoms with Crippen LogP contribution in [0, 0.1) is 11.8 Å². The first-order valence-electron chi connectivity index (χ1n) is 7.44. The summed E-state index contributed by atoms with van der Waals surface area (Å²) >= 11 is 0. The Hall–Kier alpha value is -1.38. The van der Waals surface area contributed by atoms with Gasteiger partial charge in [-0.25, -0.2) is 0 Å². The van der Waals surface area contributed by atoms with Crippen molar-refractivity contribution >= 4 is 11.4 Å². The Balaban J connectivity index is 1.90. The topological polar surface area (TPSA) is 47.3 Å². The van der Waals surface area contributed by atoms with Crippen molar-refractivity contribution in [1.82, 2.24) is 0 Å². The zero-order valence-corrected chi connectivity index (χ0v) is 12.1. The summed E-state index contributed by atoms with van der Waals surface area (Å²) in [5.41, 5.74) is 7.75. The third-order valence-corrected chi connectivity index (χ3v) is 3.80. The van der Waals surface area contributed by atoms with Crippen LogP contribution < -0.4 is 15.8 Å². The van der Waals surface area contributed by atoms with Gasteiger partial charge >= 0.3 is 0 Å². The van der Waals surface area contributed by atoms with Crippen molar-refractivity contribution in [2.75, 3.05) is 24.2 Å². The maximum atomic E-state index is 5.92. The molecule has 0 amide bonds. The van der Waals surface area contributed by atoms with Crippen LogP contribution in [0.5, 0.6) is 5.75 Å². The highest BCUT2D eigenvalue weighted by Crippen LogP contribution is 2.31. The number of hydrogen-bond donors (Lipinski definition) is 2. The third-order valence-electron chi connectivity index (χ3n) is 3.80. The molecular formula is C16H26N2O. The number of nitrogens with two attached hydrogens (primary N) is 1. The van der Waals surface area contributed by atoms with E-state index in [1.807, 2.05) is 18.2 Å². The fourth-order valence-electron chi connectivity index (χ4n) is 2.80. The summed E-state index contributed by atoms with van der Waals surface area (Å²) in [4.78, 5) is 0. The second-order valence-corrected chi connectivity index (χ2v) is 5.80.